The number of para-hydroxylation sites is 2. The van der Waals surface area contributed by atoms with Crippen molar-refractivity contribution < 1.29 is 14.7 Å². The van der Waals surface area contributed by atoms with Crippen molar-refractivity contribution in [3.05, 3.63) is 71.9 Å². The minimum atomic E-state index is -0.991. The average Bonchev–Trinajstić information content (AvgIpc) is 3.09. The van der Waals surface area contributed by atoms with Crippen molar-refractivity contribution in [2.45, 2.75) is 13.0 Å². The second kappa shape index (κ2) is 9.22. The lowest BCUT2D eigenvalue weighted by molar-refractivity contribution is -0.137. The first kappa shape index (κ1) is 20.4. The van der Waals surface area contributed by atoms with Gasteiger partial charge in [-0.3, -0.25) is 9.59 Å². The Morgan fingerprint density at radius 1 is 1.07 bits per heavy atom. The lowest BCUT2D eigenvalue weighted by Gasteiger charge is -2.21. The number of nitriles is 2. The molecule has 0 fully saturated rings. The van der Waals surface area contributed by atoms with Gasteiger partial charge in [0.2, 0.25) is 0 Å². The molecular formula is C23H18N4O3. The number of amides is 1. The first-order valence-corrected chi connectivity index (χ1v) is 9.20. The summed E-state index contributed by atoms with van der Waals surface area (Å²) in [6.07, 6.45) is 3.20. The van der Waals surface area contributed by atoms with E-state index < -0.39 is 11.9 Å². The van der Waals surface area contributed by atoms with E-state index in [0.29, 0.717) is 16.8 Å². The summed E-state index contributed by atoms with van der Waals surface area (Å²) in [4.78, 5) is 25.7. The number of rotatable bonds is 7. The van der Waals surface area contributed by atoms with Crippen LogP contribution in [0.2, 0.25) is 0 Å². The Morgan fingerprint density at radius 2 is 1.77 bits per heavy atom. The summed E-state index contributed by atoms with van der Waals surface area (Å²) < 4.78 is 1.56. The molecule has 0 radical (unpaired) electrons. The molecule has 7 heteroatoms. The molecule has 1 heterocycles. The van der Waals surface area contributed by atoms with Gasteiger partial charge < -0.3 is 14.6 Å². The summed E-state index contributed by atoms with van der Waals surface area (Å²) in [6, 6.07) is 20.0. The zero-order valence-corrected chi connectivity index (χ0v) is 16.0. The number of benzene rings is 2. The van der Waals surface area contributed by atoms with Crippen LogP contribution < -0.4 is 4.90 Å². The van der Waals surface area contributed by atoms with Crippen LogP contribution in [0.4, 0.5) is 5.69 Å². The number of carbonyl (C=O) groups excluding carboxylic acids is 1. The van der Waals surface area contributed by atoms with E-state index in [0.717, 1.165) is 5.39 Å². The van der Waals surface area contributed by atoms with Gasteiger partial charge in [0.25, 0.3) is 5.91 Å². The zero-order chi connectivity index (χ0) is 21.5. The molecule has 1 N–H and O–H groups in total. The van der Waals surface area contributed by atoms with E-state index in [-0.39, 0.29) is 25.1 Å². The Bertz CT molecular complexity index is 1200. The van der Waals surface area contributed by atoms with Crippen molar-refractivity contribution >= 4 is 34.5 Å². The summed E-state index contributed by atoms with van der Waals surface area (Å²) in [6.45, 7) is -0.0817. The van der Waals surface area contributed by atoms with Crippen LogP contribution in [0.25, 0.3) is 17.0 Å². The standard InChI is InChI=1S/C23H18N4O3/c24-11-6-12-27(19-7-2-1-3-8-19)23(30)17(14-25)13-18-15-26(16-22(28)29)21-10-5-4-9-20(18)21/h1-5,7-10,13,15H,6,12,16H2,(H,28,29). The lowest BCUT2D eigenvalue weighted by Crippen LogP contribution is -2.32. The molecule has 7 nitrogen and oxygen atoms in total. The molecule has 0 aliphatic rings. The van der Waals surface area contributed by atoms with Crippen molar-refractivity contribution in [2.75, 3.05) is 11.4 Å². The first-order chi connectivity index (χ1) is 14.5. The largest absolute Gasteiger partial charge is 0.480 e. The molecule has 0 saturated heterocycles. The predicted molar refractivity (Wildman–Crippen MR) is 112 cm³/mol. The maximum Gasteiger partial charge on any atom is 0.323 e. The third-order valence-electron chi connectivity index (χ3n) is 4.54. The molecule has 3 aromatic rings. The van der Waals surface area contributed by atoms with Crippen LogP contribution in [0.3, 0.4) is 0 Å². The second-order valence-electron chi connectivity index (χ2n) is 6.49. The monoisotopic (exact) mass is 398 g/mol. The minimum absolute atomic E-state index is 0.102. The smallest absolute Gasteiger partial charge is 0.323 e. The Balaban J connectivity index is 2.04. The highest BCUT2D eigenvalue weighted by Crippen LogP contribution is 2.25. The molecule has 2 aromatic carbocycles. The third-order valence-corrected chi connectivity index (χ3v) is 4.54. The molecule has 0 aliphatic carbocycles. The first-order valence-electron chi connectivity index (χ1n) is 9.20. The van der Waals surface area contributed by atoms with E-state index in [1.165, 1.54) is 11.0 Å². The number of nitrogens with zero attached hydrogens (tertiary/aromatic N) is 4. The molecule has 0 bridgehead atoms. The van der Waals surface area contributed by atoms with Gasteiger partial charge in [0.1, 0.15) is 18.2 Å². The number of hydrogen-bond donors (Lipinski definition) is 1. The Kier molecular flexibility index (Phi) is 6.26. The summed E-state index contributed by atoms with van der Waals surface area (Å²) in [5, 5.41) is 28.5. The summed E-state index contributed by atoms with van der Waals surface area (Å²) in [7, 11) is 0. The number of carbonyl (C=O) groups is 2. The third kappa shape index (κ3) is 4.37. The molecule has 3 rings (SSSR count). The van der Waals surface area contributed by atoms with Gasteiger partial charge in [-0.1, -0.05) is 36.4 Å². The number of fused-ring (bicyclic) bond motifs is 1. The number of carboxylic acids is 1. The molecule has 0 saturated carbocycles. The highest BCUT2D eigenvalue weighted by Gasteiger charge is 2.21. The van der Waals surface area contributed by atoms with Gasteiger partial charge in [-0.25, -0.2) is 0 Å². The number of anilines is 1. The Hall–Kier alpha value is -4.36. The number of aromatic nitrogens is 1. The fraction of sp³-hybridized carbons (Fsp3) is 0.130. The Labute approximate surface area is 173 Å². The zero-order valence-electron chi connectivity index (χ0n) is 16.0. The van der Waals surface area contributed by atoms with E-state index in [9.17, 15) is 14.9 Å². The molecule has 0 atom stereocenters. The van der Waals surface area contributed by atoms with Crippen LogP contribution in [0.5, 0.6) is 0 Å². The van der Waals surface area contributed by atoms with E-state index in [1.54, 1.807) is 47.2 Å². The molecule has 1 aromatic heterocycles. The van der Waals surface area contributed by atoms with Crippen molar-refractivity contribution in [1.82, 2.24) is 4.57 Å². The van der Waals surface area contributed by atoms with E-state index in [2.05, 4.69) is 0 Å². The van der Waals surface area contributed by atoms with E-state index in [4.69, 9.17) is 10.4 Å². The molecule has 0 aliphatic heterocycles. The molecule has 1 amide bonds. The van der Waals surface area contributed by atoms with Crippen molar-refractivity contribution in [1.29, 1.82) is 10.5 Å². The normalized spacial score (nSPS) is 10.9. The van der Waals surface area contributed by atoms with Crippen LogP contribution in [-0.2, 0) is 16.1 Å². The van der Waals surface area contributed by atoms with Crippen molar-refractivity contribution in [2.24, 2.45) is 0 Å². The van der Waals surface area contributed by atoms with Crippen LogP contribution >= 0.6 is 0 Å². The van der Waals surface area contributed by atoms with Gasteiger partial charge in [0, 0.05) is 34.9 Å². The number of carboxylic acid groups (broad SMARTS) is 1. The van der Waals surface area contributed by atoms with Crippen LogP contribution in [0.1, 0.15) is 12.0 Å². The van der Waals surface area contributed by atoms with Gasteiger partial charge in [-0.05, 0) is 24.3 Å². The summed E-state index contributed by atoms with van der Waals surface area (Å²) in [5.74, 6) is -1.51. The van der Waals surface area contributed by atoms with Crippen LogP contribution in [0, 0.1) is 22.7 Å². The maximum absolute atomic E-state index is 13.1. The predicted octanol–water partition coefficient (Wildman–Crippen LogP) is 3.58. The lowest BCUT2D eigenvalue weighted by atomic mass is 10.1. The van der Waals surface area contributed by atoms with Gasteiger partial charge in [0.05, 0.1) is 12.5 Å². The van der Waals surface area contributed by atoms with Crippen molar-refractivity contribution in [3.63, 3.8) is 0 Å². The number of aliphatic carboxylic acids is 1. The SMILES string of the molecule is N#CCCN(C(=O)C(C#N)=Cc1cn(CC(=O)O)c2ccccc12)c1ccccc1. The Morgan fingerprint density at radius 3 is 2.43 bits per heavy atom. The van der Waals surface area contributed by atoms with Gasteiger partial charge in [-0.2, -0.15) is 10.5 Å². The van der Waals surface area contributed by atoms with Crippen LogP contribution in [-0.4, -0.2) is 28.1 Å². The van der Waals surface area contributed by atoms with Gasteiger partial charge in [-0.15, -0.1) is 0 Å². The van der Waals surface area contributed by atoms with Crippen LogP contribution in [0.15, 0.2) is 66.4 Å². The molecule has 30 heavy (non-hydrogen) atoms. The molecule has 148 valence electrons. The topological polar surface area (TPSA) is 110 Å². The highest BCUT2D eigenvalue weighted by molar-refractivity contribution is 6.12. The fourth-order valence-electron chi connectivity index (χ4n) is 3.23. The highest BCUT2D eigenvalue weighted by atomic mass is 16.4. The fourth-order valence-corrected chi connectivity index (χ4v) is 3.23. The van der Waals surface area contributed by atoms with Gasteiger partial charge in [0.15, 0.2) is 0 Å². The summed E-state index contributed by atoms with van der Waals surface area (Å²) >= 11 is 0. The van der Waals surface area contributed by atoms with E-state index in [1.807, 2.05) is 30.3 Å². The average molecular weight is 398 g/mol. The molecule has 0 spiro atoms. The second-order valence-corrected chi connectivity index (χ2v) is 6.49. The molecule has 0 unspecified atom stereocenters. The maximum atomic E-state index is 13.1. The van der Waals surface area contributed by atoms with E-state index >= 15 is 0 Å². The van der Waals surface area contributed by atoms with Crippen molar-refractivity contribution in [3.8, 4) is 12.1 Å². The molecular weight excluding hydrogens is 380 g/mol. The number of hydrogen-bond acceptors (Lipinski definition) is 4. The van der Waals surface area contributed by atoms with Gasteiger partial charge >= 0.3 is 5.97 Å². The summed E-state index contributed by atoms with van der Waals surface area (Å²) in [5.41, 5.74) is 1.76. The minimum Gasteiger partial charge on any atom is -0.480 e. The quantitative estimate of drug-likeness (QED) is 0.483.